The fourth-order valence-electron chi connectivity index (χ4n) is 1.74. The van der Waals surface area contributed by atoms with E-state index < -0.39 is 5.91 Å². The average molecular weight is 283 g/mol. The van der Waals surface area contributed by atoms with Crippen LogP contribution < -0.4 is 15.8 Å². The highest BCUT2D eigenvalue weighted by Crippen LogP contribution is 2.27. The summed E-state index contributed by atoms with van der Waals surface area (Å²) in [4.78, 5) is 12.1. The number of ether oxygens (including phenoxy) is 1. The van der Waals surface area contributed by atoms with Crippen LogP contribution in [0.1, 0.15) is 15.9 Å². The van der Waals surface area contributed by atoms with Crippen molar-refractivity contribution in [1.29, 1.82) is 5.26 Å². The minimum atomic E-state index is -0.423. The highest BCUT2D eigenvalue weighted by molar-refractivity contribution is 6.05. The first-order valence-corrected chi connectivity index (χ1v) is 6.03. The number of phenolic OH excluding ortho intramolecular Hbond substituents is 1. The van der Waals surface area contributed by atoms with Gasteiger partial charge in [-0.15, -0.1) is 0 Å². The zero-order chi connectivity index (χ0) is 15.4. The summed E-state index contributed by atoms with van der Waals surface area (Å²) in [6.45, 7) is 0. The second-order valence-corrected chi connectivity index (χ2v) is 4.25. The Labute approximate surface area is 121 Å². The third-order valence-electron chi connectivity index (χ3n) is 2.87. The molecule has 0 aliphatic carbocycles. The molecule has 21 heavy (non-hydrogen) atoms. The molecule has 0 saturated heterocycles. The zero-order valence-corrected chi connectivity index (χ0v) is 11.3. The van der Waals surface area contributed by atoms with Crippen molar-refractivity contribution < 1.29 is 14.6 Å². The fourth-order valence-corrected chi connectivity index (χ4v) is 1.74. The minimum absolute atomic E-state index is 0.158. The van der Waals surface area contributed by atoms with Crippen molar-refractivity contribution in [3.63, 3.8) is 0 Å². The lowest BCUT2D eigenvalue weighted by Crippen LogP contribution is -2.12. The Kier molecular flexibility index (Phi) is 3.95. The third-order valence-corrected chi connectivity index (χ3v) is 2.87. The van der Waals surface area contributed by atoms with Gasteiger partial charge in [0.25, 0.3) is 5.91 Å². The average Bonchev–Trinajstić information content (AvgIpc) is 2.50. The standard InChI is InChI=1S/C15H13N3O3/c1-21-14-6-9(8-16)2-5-12(14)18-15(20)10-3-4-11(17)13(19)7-10/h2-7,19H,17H2,1H3,(H,18,20). The molecule has 2 rings (SSSR count). The number of amides is 1. The van der Waals surface area contributed by atoms with Crippen molar-refractivity contribution in [3.05, 3.63) is 47.5 Å². The topological polar surface area (TPSA) is 108 Å². The Morgan fingerprint density at radius 3 is 2.71 bits per heavy atom. The summed E-state index contributed by atoms with van der Waals surface area (Å²) in [6.07, 6.45) is 0. The minimum Gasteiger partial charge on any atom is -0.506 e. The number of hydrogen-bond donors (Lipinski definition) is 3. The second kappa shape index (κ2) is 5.84. The number of aromatic hydroxyl groups is 1. The van der Waals surface area contributed by atoms with E-state index in [1.54, 1.807) is 12.1 Å². The first-order chi connectivity index (χ1) is 10.0. The second-order valence-electron chi connectivity index (χ2n) is 4.25. The molecule has 0 atom stereocenters. The molecule has 0 saturated carbocycles. The quantitative estimate of drug-likeness (QED) is 0.590. The van der Waals surface area contributed by atoms with E-state index in [2.05, 4.69) is 5.32 Å². The van der Waals surface area contributed by atoms with Crippen LogP contribution in [-0.2, 0) is 0 Å². The summed E-state index contributed by atoms with van der Waals surface area (Å²) < 4.78 is 5.13. The lowest BCUT2D eigenvalue weighted by Gasteiger charge is -2.11. The number of carbonyl (C=O) groups excluding carboxylic acids is 1. The SMILES string of the molecule is COc1cc(C#N)ccc1NC(=O)c1ccc(N)c(O)c1. The maximum absolute atomic E-state index is 12.1. The molecule has 106 valence electrons. The Hall–Kier alpha value is -3.20. The number of nitriles is 1. The number of phenols is 1. The van der Waals surface area contributed by atoms with Crippen molar-refractivity contribution >= 4 is 17.3 Å². The molecule has 1 amide bonds. The number of nitrogens with zero attached hydrogens (tertiary/aromatic N) is 1. The molecule has 0 unspecified atom stereocenters. The van der Waals surface area contributed by atoms with Gasteiger partial charge < -0.3 is 20.9 Å². The number of carbonyl (C=O) groups is 1. The summed E-state index contributed by atoms with van der Waals surface area (Å²) in [5.74, 6) is -0.204. The van der Waals surface area contributed by atoms with Crippen LogP contribution in [0.15, 0.2) is 36.4 Å². The van der Waals surface area contributed by atoms with Crippen LogP contribution in [0.4, 0.5) is 11.4 Å². The first-order valence-electron chi connectivity index (χ1n) is 6.03. The maximum Gasteiger partial charge on any atom is 0.255 e. The lowest BCUT2D eigenvalue weighted by atomic mass is 10.1. The molecule has 6 nitrogen and oxygen atoms in total. The molecule has 0 aliphatic rings. The molecule has 2 aromatic rings. The van der Waals surface area contributed by atoms with Crippen LogP contribution in [0.3, 0.4) is 0 Å². The molecule has 0 aliphatic heterocycles. The van der Waals surface area contributed by atoms with E-state index in [4.69, 9.17) is 15.7 Å². The maximum atomic E-state index is 12.1. The molecule has 0 spiro atoms. The van der Waals surface area contributed by atoms with Crippen LogP contribution >= 0.6 is 0 Å². The van der Waals surface area contributed by atoms with Gasteiger partial charge in [0.2, 0.25) is 0 Å². The van der Waals surface area contributed by atoms with E-state index in [1.165, 1.54) is 31.4 Å². The van der Waals surface area contributed by atoms with Gasteiger partial charge in [0, 0.05) is 11.6 Å². The smallest absolute Gasteiger partial charge is 0.255 e. The molecule has 2 aromatic carbocycles. The first kappa shape index (κ1) is 14.2. The normalized spacial score (nSPS) is 9.71. The Bertz CT molecular complexity index is 735. The van der Waals surface area contributed by atoms with Crippen molar-refractivity contribution in [3.8, 4) is 17.6 Å². The number of hydrogen-bond acceptors (Lipinski definition) is 5. The largest absolute Gasteiger partial charge is 0.506 e. The number of nitrogen functional groups attached to an aromatic ring is 1. The van der Waals surface area contributed by atoms with Crippen molar-refractivity contribution in [2.45, 2.75) is 0 Å². The van der Waals surface area contributed by atoms with Crippen molar-refractivity contribution in [2.24, 2.45) is 0 Å². The van der Waals surface area contributed by atoms with Gasteiger partial charge in [-0.25, -0.2) is 0 Å². The van der Waals surface area contributed by atoms with Crippen molar-refractivity contribution in [1.82, 2.24) is 0 Å². The van der Waals surface area contributed by atoms with E-state index in [9.17, 15) is 9.90 Å². The molecule has 0 heterocycles. The van der Waals surface area contributed by atoms with Crippen LogP contribution in [0.2, 0.25) is 0 Å². The molecule has 0 radical (unpaired) electrons. The lowest BCUT2D eigenvalue weighted by molar-refractivity contribution is 0.102. The van der Waals surface area contributed by atoms with Gasteiger partial charge >= 0.3 is 0 Å². The third kappa shape index (κ3) is 3.04. The molecular weight excluding hydrogens is 270 g/mol. The Balaban J connectivity index is 2.27. The summed E-state index contributed by atoms with van der Waals surface area (Å²) in [7, 11) is 1.45. The molecule has 0 bridgehead atoms. The van der Waals surface area contributed by atoms with Gasteiger partial charge in [-0.3, -0.25) is 4.79 Å². The summed E-state index contributed by atoms with van der Waals surface area (Å²) in [6, 6.07) is 10.9. The number of anilines is 2. The van der Waals surface area contributed by atoms with Gasteiger partial charge in [0.05, 0.1) is 30.1 Å². The summed E-state index contributed by atoms with van der Waals surface area (Å²) >= 11 is 0. The summed E-state index contributed by atoms with van der Waals surface area (Å²) in [5, 5.41) is 21.0. The number of methoxy groups -OCH3 is 1. The number of rotatable bonds is 3. The predicted molar refractivity (Wildman–Crippen MR) is 78.2 cm³/mol. The highest BCUT2D eigenvalue weighted by atomic mass is 16.5. The monoisotopic (exact) mass is 283 g/mol. The zero-order valence-electron chi connectivity index (χ0n) is 11.3. The molecular formula is C15H13N3O3. The molecule has 0 fully saturated rings. The van der Waals surface area contributed by atoms with Gasteiger partial charge in [-0.2, -0.15) is 5.26 Å². The van der Waals surface area contributed by atoms with E-state index in [0.29, 0.717) is 17.0 Å². The highest BCUT2D eigenvalue weighted by Gasteiger charge is 2.12. The number of benzene rings is 2. The number of nitrogens with one attached hydrogen (secondary N) is 1. The molecule has 0 aromatic heterocycles. The van der Waals surface area contributed by atoms with E-state index >= 15 is 0 Å². The molecule has 6 heteroatoms. The van der Waals surface area contributed by atoms with E-state index in [1.807, 2.05) is 6.07 Å². The van der Waals surface area contributed by atoms with Crippen LogP contribution in [-0.4, -0.2) is 18.1 Å². The Morgan fingerprint density at radius 2 is 2.10 bits per heavy atom. The van der Waals surface area contributed by atoms with E-state index in [-0.39, 0.29) is 17.0 Å². The van der Waals surface area contributed by atoms with Crippen LogP contribution in [0.25, 0.3) is 0 Å². The van der Waals surface area contributed by atoms with Crippen LogP contribution in [0, 0.1) is 11.3 Å². The van der Waals surface area contributed by atoms with Gasteiger partial charge in [-0.05, 0) is 30.3 Å². The van der Waals surface area contributed by atoms with Crippen LogP contribution in [0.5, 0.6) is 11.5 Å². The number of nitrogens with two attached hydrogens (primary N) is 1. The Morgan fingerprint density at radius 1 is 1.33 bits per heavy atom. The summed E-state index contributed by atoms with van der Waals surface area (Å²) in [5.41, 5.74) is 6.80. The fraction of sp³-hybridized carbons (Fsp3) is 0.0667. The van der Waals surface area contributed by atoms with Gasteiger partial charge in [0.1, 0.15) is 11.5 Å². The van der Waals surface area contributed by atoms with Crippen molar-refractivity contribution in [2.75, 3.05) is 18.2 Å². The predicted octanol–water partition coefficient (Wildman–Crippen LogP) is 2.11. The van der Waals surface area contributed by atoms with Gasteiger partial charge in [0.15, 0.2) is 0 Å². The molecule has 4 N–H and O–H groups in total. The van der Waals surface area contributed by atoms with E-state index in [0.717, 1.165) is 0 Å². The van der Waals surface area contributed by atoms with Gasteiger partial charge in [-0.1, -0.05) is 0 Å².